The van der Waals surface area contributed by atoms with Gasteiger partial charge in [0.15, 0.2) is 0 Å². The fourth-order valence-electron chi connectivity index (χ4n) is 9.98. The van der Waals surface area contributed by atoms with E-state index in [0.717, 1.165) is 59.2 Å². The summed E-state index contributed by atoms with van der Waals surface area (Å²) < 4.78 is 0. The van der Waals surface area contributed by atoms with Gasteiger partial charge in [0.05, 0.1) is 0 Å². The molecule has 0 amide bonds. The van der Waals surface area contributed by atoms with Gasteiger partial charge in [-0.2, -0.15) is 0 Å². The highest BCUT2D eigenvalue weighted by Gasteiger charge is 2.64. The molecule has 0 aromatic rings. The van der Waals surface area contributed by atoms with Crippen LogP contribution in [0.2, 0.25) is 0 Å². The largest absolute Gasteiger partial charge is 0.0996 e. The zero-order valence-electron chi connectivity index (χ0n) is 28.9. The topological polar surface area (TPSA) is 0 Å². The average molecular weight is 555 g/mol. The summed E-state index contributed by atoms with van der Waals surface area (Å²) in [5.74, 6) is 9.32. The predicted octanol–water partition coefficient (Wildman–Crippen LogP) is 13.3. The van der Waals surface area contributed by atoms with Gasteiger partial charge in [0.2, 0.25) is 0 Å². The highest BCUT2D eigenvalue weighted by atomic mass is 14.7. The van der Waals surface area contributed by atoms with Crippen molar-refractivity contribution in [1.82, 2.24) is 0 Å². The summed E-state index contributed by atoms with van der Waals surface area (Å²) in [6.07, 6.45) is 27.4. The number of hydrogen-bond acceptors (Lipinski definition) is 0. The van der Waals surface area contributed by atoms with E-state index in [1.807, 2.05) is 0 Å². The van der Waals surface area contributed by atoms with Gasteiger partial charge in [0, 0.05) is 0 Å². The maximum absolute atomic E-state index is 4.74. The van der Waals surface area contributed by atoms with Gasteiger partial charge in [-0.3, -0.25) is 0 Å². The quantitative estimate of drug-likeness (QED) is 0.124. The molecule has 0 bridgehead atoms. The molecule has 3 fully saturated rings. The third-order valence-corrected chi connectivity index (χ3v) is 12.9. The Kier molecular flexibility index (Phi) is 14.2. The van der Waals surface area contributed by atoms with Crippen molar-refractivity contribution in [2.45, 2.75) is 177 Å². The Morgan fingerprint density at radius 1 is 0.625 bits per heavy atom. The Bertz CT molecular complexity index is 718. The van der Waals surface area contributed by atoms with Gasteiger partial charge < -0.3 is 0 Å². The second-order valence-electron chi connectivity index (χ2n) is 17.0. The Hall–Kier alpha value is -0.260. The molecule has 0 spiro atoms. The van der Waals surface area contributed by atoms with E-state index in [4.69, 9.17) is 6.58 Å². The molecule has 0 aromatic carbocycles. The number of hydrogen-bond donors (Lipinski definition) is 0. The van der Waals surface area contributed by atoms with Crippen molar-refractivity contribution in [1.29, 1.82) is 0 Å². The highest BCUT2D eigenvalue weighted by molar-refractivity contribution is 5.21. The molecule has 0 heteroatoms. The maximum Gasteiger partial charge on any atom is -0.0139 e. The van der Waals surface area contributed by atoms with Crippen LogP contribution in [-0.4, -0.2) is 0 Å². The van der Waals surface area contributed by atoms with Crippen LogP contribution >= 0.6 is 0 Å². The smallest absolute Gasteiger partial charge is 0.0139 e. The Morgan fingerprint density at radius 2 is 1.07 bits per heavy atom. The fourth-order valence-corrected chi connectivity index (χ4v) is 9.98. The van der Waals surface area contributed by atoms with Crippen molar-refractivity contribution in [3.8, 4) is 0 Å². The molecule has 0 saturated heterocycles. The van der Waals surface area contributed by atoms with E-state index in [-0.39, 0.29) is 0 Å². The van der Waals surface area contributed by atoms with Crippen molar-refractivity contribution >= 4 is 0 Å². The molecule has 10 atom stereocenters. The summed E-state index contributed by atoms with van der Waals surface area (Å²) in [5.41, 5.74) is 2.33. The lowest BCUT2D eigenvalue weighted by Gasteiger charge is -2.48. The summed E-state index contributed by atoms with van der Waals surface area (Å²) in [6.45, 7) is 24.7. The molecule has 0 nitrogen and oxygen atoms in total. The van der Waals surface area contributed by atoms with Crippen molar-refractivity contribution in [2.24, 2.45) is 64.6 Å². The molecule has 0 radical (unpaired) electrons. The van der Waals surface area contributed by atoms with Crippen molar-refractivity contribution < 1.29 is 0 Å². The predicted molar refractivity (Wildman–Crippen MR) is 180 cm³/mol. The molecule has 0 N–H and O–H groups in total. The van der Waals surface area contributed by atoms with Crippen molar-refractivity contribution in [3.05, 3.63) is 12.2 Å². The summed E-state index contributed by atoms with van der Waals surface area (Å²) in [4.78, 5) is 0. The number of allylic oxidation sites excluding steroid dienone is 1. The van der Waals surface area contributed by atoms with Crippen molar-refractivity contribution in [3.63, 3.8) is 0 Å². The third-order valence-electron chi connectivity index (χ3n) is 12.9. The lowest BCUT2D eigenvalue weighted by molar-refractivity contribution is 0.0267. The summed E-state index contributed by atoms with van der Waals surface area (Å²) in [5, 5.41) is 0. The minimum Gasteiger partial charge on any atom is -0.0996 e. The van der Waals surface area contributed by atoms with Crippen LogP contribution in [0, 0.1) is 64.6 Å². The lowest BCUT2D eigenvalue weighted by atomic mass is 9.57. The van der Waals surface area contributed by atoms with Crippen LogP contribution in [-0.2, 0) is 0 Å². The SMILES string of the molecule is C=C(CCC[C@@H](C)CCC[C@@H](C)CCC[C@@H](C)CCC[C@@H](C)CCCC(C)C)[C@H]1[C@@H]2[C@H](C)CC[C@@H]2[C@@]2(C)CC[C@@H]12. The molecule has 3 rings (SSSR count). The van der Waals surface area contributed by atoms with Gasteiger partial charge in [-0.05, 0) is 96.7 Å². The zero-order valence-corrected chi connectivity index (χ0v) is 28.9. The minimum atomic E-state index is 0.677. The van der Waals surface area contributed by atoms with Crippen LogP contribution in [0.15, 0.2) is 12.2 Å². The van der Waals surface area contributed by atoms with Gasteiger partial charge in [0.1, 0.15) is 0 Å². The minimum absolute atomic E-state index is 0.677. The van der Waals surface area contributed by atoms with Crippen LogP contribution in [0.3, 0.4) is 0 Å². The monoisotopic (exact) mass is 555 g/mol. The highest BCUT2D eigenvalue weighted by Crippen LogP contribution is 2.71. The van der Waals surface area contributed by atoms with Gasteiger partial charge in [-0.15, -0.1) is 0 Å². The second kappa shape index (κ2) is 16.6. The first-order chi connectivity index (χ1) is 19.0. The van der Waals surface area contributed by atoms with E-state index in [2.05, 4.69) is 55.4 Å². The average Bonchev–Trinajstić information content (AvgIpc) is 3.33. The summed E-state index contributed by atoms with van der Waals surface area (Å²) in [6, 6.07) is 0. The van der Waals surface area contributed by atoms with Gasteiger partial charge >= 0.3 is 0 Å². The van der Waals surface area contributed by atoms with Crippen LogP contribution in [0.5, 0.6) is 0 Å². The van der Waals surface area contributed by atoms with Crippen LogP contribution in [0.25, 0.3) is 0 Å². The summed E-state index contributed by atoms with van der Waals surface area (Å²) >= 11 is 0. The number of rotatable bonds is 21. The van der Waals surface area contributed by atoms with Gasteiger partial charge in [-0.1, -0.05) is 157 Å². The maximum atomic E-state index is 4.74. The van der Waals surface area contributed by atoms with Gasteiger partial charge in [0.25, 0.3) is 0 Å². The first-order valence-corrected chi connectivity index (χ1v) is 18.7. The molecule has 234 valence electrons. The molecular weight excluding hydrogens is 480 g/mol. The lowest BCUT2D eigenvalue weighted by Crippen LogP contribution is -2.39. The Morgan fingerprint density at radius 3 is 1.50 bits per heavy atom. The molecule has 0 heterocycles. The summed E-state index contributed by atoms with van der Waals surface area (Å²) in [7, 11) is 0. The van der Waals surface area contributed by atoms with E-state index in [1.54, 1.807) is 5.57 Å². The van der Waals surface area contributed by atoms with Crippen molar-refractivity contribution in [2.75, 3.05) is 0 Å². The normalized spacial score (nSPS) is 32.4. The van der Waals surface area contributed by atoms with E-state index in [9.17, 15) is 0 Å². The van der Waals surface area contributed by atoms with E-state index in [1.165, 1.54) is 122 Å². The van der Waals surface area contributed by atoms with E-state index < -0.39 is 0 Å². The zero-order chi connectivity index (χ0) is 29.3. The molecule has 3 aliphatic rings. The Balaban J connectivity index is 1.18. The fraction of sp³-hybridized carbons (Fsp3) is 0.950. The molecule has 0 aliphatic heterocycles. The molecule has 0 unspecified atom stereocenters. The molecule has 3 saturated carbocycles. The molecule has 0 aromatic heterocycles. The second-order valence-corrected chi connectivity index (χ2v) is 17.0. The Labute approximate surface area is 253 Å². The first-order valence-electron chi connectivity index (χ1n) is 18.7. The van der Waals surface area contributed by atoms with Crippen LogP contribution < -0.4 is 0 Å². The standard InChI is InChI=1S/C40H74/c1-29(2)15-10-16-30(3)17-11-18-31(4)19-12-20-32(5)21-13-22-33(6)23-14-24-34(7)38-37-27-28-40(37,9)36-26-25-35(8)39(36)38/h29-33,35-39H,7,10-28H2,1-6,8-9H3/t30-,31-,32-,33-,35+,36-,37-,38+,39+,40+/m0/s1. The van der Waals surface area contributed by atoms with Crippen LogP contribution in [0.4, 0.5) is 0 Å². The first kappa shape index (κ1) is 34.2. The molecule has 40 heavy (non-hydrogen) atoms. The van der Waals surface area contributed by atoms with E-state index >= 15 is 0 Å². The van der Waals surface area contributed by atoms with Crippen LogP contribution in [0.1, 0.15) is 177 Å². The third kappa shape index (κ3) is 9.63. The van der Waals surface area contributed by atoms with Gasteiger partial charge in [-0.25, -0.2) is 0 Å². The molecular formula is C40H74. The van der Waals surface area contributed by atoms with E-state index in [0.29, 0.717) is 5.41 Å². The number of fused-ring (bicyclic) bond motifs is 3. The molecule has 3 aliphatic carbocycles.